The van der Waals surface area contributed by atoms with Gasteiger partial charge in [-0.25, -0.2) is 20.8 Å². The number of rotatable bonds is 7. The Labute approximate surface area is 160 Å². The molecule has 0 bridgehead atoms. The number of aromatic nitrogens is 1. The van der Waals surface area contributed by atoms with E-state index in [9.17, 15) is 16.8 Å². The molecule has 0 saturated carbocycles. The molecular formula is C20H23NO4S2. The fourth-order valence-electron chi connectivity index (χ4n) is 3.17. The maximum absolute atomic E-state index is 13.3. The van der Waals surface area contributed by atoms with Crippen LogP contribution < -0.4 is 0 Å². The van der Waals surface area contributed by atoms with Crippen LogP contribution in [-0.4, -0.2) is 27.1 Å². The number of hydrogen-bond donors (Lipinski definition) is 0. The quantitative estimate of drug-likeness (QED) is 0.557. The molecule has 0 spiro atoms. The number of nitrogens with zero attached hydrogens (tertiary/aromatic N) is 1. The van der Waals surface area contributed by atoms with Crippen LogP contribution in [0.2, 0.25) is 0 Å². The van der Waals surface area contributed by atoms with E-state index in [0.717, 1.165) is 25.5 Å². The molecule has 1 heterocycles. The van der Waals surface area contributed by atoms with E-state index in [4.69, 9.17) is 0 Å². The Hall–Kier alpha value is -2.12. The van der Waals surface area contributed by atoms with E-state index in [0.29, 0.717) is 23.0 Å². The zero-order valence-corrected chi connectivity index (χ0v) is 17.1. The van der Waals surface area contributed by atoms with Crippen molar-refractivity contribution >= 4 is 30.8 Å². The summed E-state index contributed by atoms with van der Waals surface area (Å²) in [6.45, 7) is 2.09. The number of sulfone groups is 1. The Kier molecular flexibility index (Phi) is 5.44. The fourth-order valence-corrected chi connectivity index (χ4v) is 5.41. The molecule has 0 fully saturated rings. The Balaban J connectivity index is 2.23. The summed E-state index contributed by atoms with van der Waals surface area (Å²) in [5.74, 6) is 0. The first-order valence-corrected chi connectivity index (χ1v) is 12.2. The molecule has 1 aromatic heterocycles. The zero-order chi connectivity index (χ0) is 19.7. The summed E-state index contributed by atoms with van der Waals surface area (Å²) in [6.07, 6.45) is 4.66. The molecule has 3 aromatic rings. The Morgan fingerprint density at radius 3 is 2.19 bits per heavy atom. The highest BCUT2D eigenvalue weighted by Crippen LogP contribution is 2.28. The predicted molar refractivity (Wildman–Crippen MR) is 107 cm³/mol. The molecule has 0 aliphatic carbocycles. The largest absolute Gasteiger partial charge is 0.268 e. The topological polar surface area (TPSA) is 73.2 Å². The van der Waals surface area contributed by atoms with Gasteiger partial charge in [-0.05, 0) is 49.2 Å². The van der Waals surface area contributed by atoms with E-state index in [2.05, 4.69) is 6.92 Å². The average molecular weight is 406 g/mol. The summed E-state index contributed by atoms with van der Waals surface area (Å²) in [7, 11) is -7.14. The predicted octanol–water partition coefficient (Wildman–Crippen LogP) is 4.01. The molecule has 0 unspecified atom stereocenters. The minimum atomic E-state index is -3.77. The summed E-state index contributed by atoms with van der Waals surface area (Å²) in [6, 6.07) is 14.7. The van der Waals surface area contributed by atoms with Crippen LogP contribution in [0.15, 0.2) is 64.4 Å². The Morgan fingerprint density at radius 1 is 0.852 bits per heavy atom. The standard InChI is InChI=1S/C20H23NO4S2/c1-3-4-6-9-17-14-16-15-19(26(2,22)23)12-13-20(16)21(17)27(24,25)18-10-7-5-8-11-18/h5,7-8,10-15H,3-4,6,9H2,1-2H3. The third-order valence-corrected chi connectivity index (χ3v) is 7.44. The normalized spacial score (nSPS) is 12.5. The summed E-state index contributed by atoms with van der Waals surface area (Å²) in [5, 5.41) is 0.615. The van der Waals surface area contributed by atoms with Crippen molar-refractivity contribution in [1.29, 1.82) is 0 Å². The van der Waals surface area contributed by atoms with Crippen molar-refractivity contribution in [2.24, 2.45) is 0 Å². The number of fused-ring (bicyclic) bond motifs is 1. The van der Waals surface area contributed by atoms with Gasteiger partial charge in [0, 0.05) is 17.3 Å². The molecular weight excluding hydrogens is 382 g/mol. The zero-order valence-electron chi connectivity index (χ0n) is 15.4. The number of hydrogen-bond acceptors (Lipinski definition) is 4. The first-order valence-electron chi connectivity index (χ1n) is 8.90. The highest BCUT2D eigenvalue weighted by Gasteiger charge is 2.23. The molecule has 0 N–H and O–H groups in total. The number of unbranched alkanes of at least 4 members (excludes halogenated alkanes) is 2. The molecule has 7 heteroatoms. The first-order chi connectivity index (χ1) is 12.7. The molecule has 0 atom stereocenters. The van der Waals surface area contributed by atoms with Gasteiger partial charge in [0.05, 0.1) is 15.3 Å². The van der Waals surface area contributed by atoms with Gasteiger partial charge >= 0.3 is 0 Å². The van der Waals surface area contributed by atoms with Crippen LogP contribution in [0.4, 0.5) is 0 Å². The van der Waals surface area contributed by atoms with Gasteiger partial charge in [0.2, 0.25) is 0 Å². The second-order valence-corrected chi connectivity index (χ2v) is 10.5. The van der Waals surface area contributed by atoms with Crippen molar-refractivity contribution < 1.29 is 16.8 Å². The Bertz CT molecular complexity index is 1160. The summed E-state index contributed by atoms with van der Waals surface area (Å²) >= 11 is 0. The highest BCUT2D eigenvalue weighted by molar-refractivity contribution is 7.90. The lowest BCUT2D eigenvalue weighted by molar-refractivity contribution is 0.585. The van der Waals surface area contributed by atoms with Crippen LogP contribution in [0.1, 0.15) is 31.9 Å². The molecule has 0 aliphatic heterocycles. The third kappa shape index (κ3) is 3.94. The van der Waals surface area contributed by atoms with Gasteiger partial charge in [0.15, 0.2) is 9.84 Å². The second kappa shape index (κ2) is 7.48. The summed E-state index contributed by atoms with van der Waals surface area (Å²) in [5.41, 5.74) is 1.17. The number of benzene rings is 2. The lowest BCUT2D eigenvalue weighted by Gasteiger charge is -2.12. The third-order valence-electron chi connectivity index (χ3n) is 4.55. The monoisotopic (exact) mass is 405 g/mol. The molecule has 27 heavy (non-hydrogen) atoms. The average Bonchev–Trinajstić information content (AvgIpc) is 3.00. The minimum absolute atomic E-state index is 0.185. The van der Waals surface area contributed by atoms with E-state index in [1.807, 2.05) is 0 Å². The smallest absolute Gasteiger partial charge is 0.238 e. The van der Waals surface area contributed by atoms with E-state index >= 15 is 0 Å². The van der Waals surface area contributed by atoms with Gasteiger partial charge in [-0.3, -0.25) is 0 Å². The van der Waals surface area contributed by atoms with Crippen LogP contribution in [0.25, 0.3) is 10.9 Å². The van der Waals surface area contributed by atoms with Crippen LogP contribution in [0.5, 0.6) is 0 Å². The molecule has 0 saturated heterocycles. The van der Waals surface area contributed by atoms with Crippen LogP contribution in [-0.2, 0) is 26.3 Å². The van der Waals surface area contributed by atoms with Crippen molar-refractivity contribution in [2.45, 2.75) is 42.4 Å². The van der Waals surface area contributed by atoms with Crippen molar-refractivity contribution in [2.75, 3.05) is 6.26 Å². The van der Waals surface area contributed by atoms with Gasteiger partial charge in [-0.2, -0.15) is 0 Å². The van der Waals surface area contributed by atoms with E-state index in [1.165, 1.54) is 10.0 Å². The Morgan fingerprint density at radius 2 is 1.56 bits per heavy atom. The van der Waals surface area contributed by atoms with E-state index in [-0.39, 0.29) is 9.79 Å². The molecule has 2 aromatic carbocycles. The van der Waals surface area contributed by atoms with Crippen LogP contribution in [0.3, 0.4) is 0 Å². The maximum atomic E-state index is 13.3. The lowest BCUT2D eigenvalue weighted by atomic mass is 10.1. The van der Waals surface area contributed by atoms with Gasteiger partial charge in [0.1, 0.15) is 0 Å². The molecule has 3 rings (SSSR count). The molecule has 5 nitrogen and oxygen atoms in total. The SMILES string of the molecule is CCCCCc1cc2cc(S(C)(=O)=O)ccc2n1S(=O)(=O)c1ccccc1. The summed E-state index contributed by atoms with van der Waals surface area (Å²) < 4.78 is 51.7. The molecule has 0 amide bonds. The van der Waals surface area contributed by atoms with Gasteiger partial charge < -0.3 is 0 Å². The molecule has 0 aliphatic rings. The van der Waals surface area contributed by atoms with Crippen molar-refractivity contribution in [3.05, 3.63) is 60.3 Å². The van der Waals surface area contributed by atoms with Crippen molar-refractivity contribution in [1.82, 2.24) is 3.97 Å². The van der Waals surface area contributed by atoms with Gasteiger partial charge in [-0.15, -0.1) is 0 Å². The first kappa shape index (κ1) is 19.6. The van der Waals surface area contributed by atoms with Gasteiger partial charge in [0.25, 0.3) is 10.0 Å². The number of aryl methyl sites for hydroxylation is 1. The summed E-state index contributed by atoms with van der Waals surface area (Å²) in [4.78, 5) is 0.399. The lowest BCUT2D eigenvalue weighted by Crippen LogP contribution is -2.15. The van der Waals surface area contributed by atoms with Crippen LogP contribution >= 0.6 is 0 Å². The van der Waals surface area contributed by atoms with Gasteiger partial charge in [-0.1, -0.05) is 38.0 Å². The van der Waals surface area contributed by atoms with Crippen molar-refractivity contribution in [3.63, 3.8) is 0 Å². The molecule has 0 radical (unpaired) electrons. The van der Waals surface area contributed by atoms with E-state index < -0.39 is 19.9 Å². The molecule has 144 valence electrons. The fraction of sp³-hybridized carbons (Fsp3) is 0.300. The van der Waals surface area contributed by atoms with E-state index in [1.54, 1.807) is 48.5 Å². The second-order valence-electron chi connectivity index (χ2n) is 6.67. The maximum Gasteiger partial charge on any atom is 0.268 e. The van der Waals surface area contributed by atoms with Crippen molar-refractivity contribution in [3.8, 4) is 0 Å². The highest BCUT2D eigenvalue weighted by atomic mass is 32.2. The minimum Gasteiger partial charge on any atom is -0.238 e. The van der Waals surface area contributed by atoms with Crippen LogP contribution in [0, 0.1) is 0 Å².